The van der Waals surface area contributed by atoms with Gasteiger partial charge in [0.1, 0.15) is 0 Å². The van der Waals surface area contributed by atoms with Crippen LogP contribution in [0.15, 0.2) is 84.9 Å². The lowest BCUT2D eigenvalue weighted by Crippen LogP contribution is -2.42. The third-order valence-corrected chi connectivity index (χ3v) is 5.07. The van der Waals surface area contributed by atoms with Gasteiger partial charge in [0.15, 0.2) is 6.04 Å². The van der Waals surface area contributed by atoms with Gasteiger partial charge in [-0.1, -0.05) is 66.7 Å². The number of carbonyl (C=O) groups is 2. The number of aryl methyl sites for hydroxylation is 1. The van der Waals surface area contributed by atoms with Crippen LogP contribution in [0, 0.1) is 6.92 Å². The van der Waals surface area contributed by atoms with Gasteiger partial charge < -0.3 is 5.32 Å². The Hall–Kier alpha value is -3.73. The second-order valence-electron chi connectivity index (χ2n) is 7.04. The molecule has 1 aliphatic heterocycles. The fourth-order valence-corrected chi connectivity index (χ4v) is 3.53. The molecule has 0 radical (unpaired) electrons. The molecule has 2 atom stereocenters. The molecule has 0 bridgehead atoms. The monoisotopic (exact) mass is 384 g/mol. The zero-order valence-corrected chi connectivity index (χ0v) is 16.1. The molecule has 1 heterocycles. The number of benzene rings is 3. The second-order valence-corrected chi connectivity index (χ2v) is 7.04. The van der Waals surface area contributed by atoms with Crippen molar-refractivity contribution in [2.75, 3.05) is 0 Å². The number of nitrogens with zero attached hydrogens (tertiary/aromatic N) is 1. The van der Waals surface area contributed by atoms with Gasteiger partial charge in [-0.25, -0.2) is 0 Å². The number of carbonyl (C=O) groups excluding carboxylic acids is 2. The molecule has 1 saturated heterocycles. The van der Waals surface area contributed by atoms with Gasteiger partial charge in [0.2, 0.25) is 12.3 Å². The largest absolute Gasteiger partial charge is 0.334 e. The fraction of sp³-hybridized carbons (Fsp3) is 0.125. The van der Waals surface area contributed by atoms with Crippen molar-refractivity contribution >= 4 is 18.0 Å². The van der Waals surface area contributed by atoms with E-state index in [1.807, 2.05) is 73.8 Å². The molecule has 0 spiro atoms. The lowest BCUT2D eigenvalue weighted by molar-refractivity contribution is -0.596. The quantitative estimate of drug-likeness (QED) is 0.680. The standard InChI is InChI=1S/C24H21N3O2/c1-17-10-8-9-15-20(17)16-27-22(18-11-4-2-5-12-18)21(24(29)26-27)25-23(28)19-13-6-3-7-14-19/h2-16,21-22H,1H3,(H-,25,26,28,29)/p+1/b27-16-/t21-,22-/m0/s1. The topological polar surface area (TPSA) is 61.2 Å². The first-order chi connectivity index (χ1) is 14.1. The minimum absolute atomic E-state index is 0.243. The summed E-state index contributed by atoms with van der Waals surface area (Å²) in [4.78, 5) is 25.5. The molecule has 0 aliphatic carbocycles. The van der Waals surface area contributed by atoms with Crippen LogP contribution in [0.2, 0.25) is 0 Å². The molecule has 1 fully saturated rings. The van der Waals surface area contributed by atoms with Crippen LogP contribution in [0.4, 0.5) is 0 Å². The molecule has 2 N–H and O–H groups in total. The highest BCUT2D eigenvalue weighted by molar-refractivity contribution is 5.98. The molecular formula is C24H22N3O2+. The van der Waals surface area contributed by atoms with Gasteiger partial charge in [-0.05, 0) is 30.7 Å². The number of rotatable bonds is 4. The Labute approximate surface area is 169 Å². The Kier molecular flexibility index (Phi) is 5.20. The molecule has 0 aromatic heterocycles. The highest BCUT2D eigenvalue weighted by Gasteiger charge is 2.47. The Morgan fingerprint density at radius 1 is 0.931 bits per heavy atom. The SMILES string of the molecule is Cc1ccccc1/C=[N+]1\NC(=O)[C@@H](NC(=O)c2ccccc2)[C@@H]1c1ccccc1. The van der Waals surface area contributed by atoms with Crippen LogP contribution in [0.3, 0.4) is 0 Å². The van der Waals surface area contributed by atoms with Gasteiger partial charge in [-0.15, -0.1) is 10.1 Å². The van der Waals surface area contributed by atoms with E-state index in [0.29, 0.717) is 5.56 Å². The summed E-state index contributed by atoms with van der Waals surface area (Å²) in [5.41, 5.74) is 6.48. The third kappa shape index (κ3) is 3.94. The van der Waals surface area contributed by atoms with Crippen LogP contribution in [0.1, 0.15) is 33.1 Å². The van der Waals surface area contributed by atoms with Crippen LogP contribution in [-0.2, 0) is 4.79 Å². The highest BCUT2D eigenvalue weighted by Crippen LogP contribution is 2.25. The summed E-state index contributed by atoms with van der Waals surface area (Å²) in [7, 11) is 0. The number of hydrogen-bond donors (Lipinski definition) is 2. The normalized spacial score (nSPS) is 19.8. The fourth-order valence-electron chi connectivity index (χ4n) is 3.53. The van der Waals surface area contributed by atoms with Crippen molar-refractivity contribution in [2.24, 2.45) is 0 Å². The van der Waals surface area contributed by atoms with Crippen LogP contribution in [0.5, 0.6) is 0 Å². The van der Waals surface area contributed by atoms with Crippen LogP contribution in [0.25, 0.3) is 0 Å². The van der Waals surface area contributed by atoms with E-state index in [1.54, 1.807) is 28.9 Å². The van der Waals surface area contributed by atoms with Crippen LogP contribution in [-0.4, -0.2) is 28.8 Å². The van der Waals surface area contributed by atoms with Gasteiger partial charge in [0.05, 0.1) is 0 Å². The Balaban J connectivity index is 1.71. The van der Waals surface area contributed by atoms with E-state index in [4.69, 9.17) is 0 Å². The summed E-state index contributed by atoms with van der Waals surface area (Å²) in [5.74, 6) is -0.516. The number of hydrogen-bond acceptors (Lipinski definition) is 2. The maximum atomic E-state index is 12.8. The third-order valence-electron chi connectivity index (χ3n) is 5.07. The Bertz CT molecular complexity index is 1060. The lowest BCUT2D eigenvalue weighted by atomic mass is 9.99. The molecule has 4 rings (SSSR count). The average molecular weight is 384 g/mol. The zero-order valence-electron chi connectivity index (χ0n) is 16.1. The maximum Gasteiger partial charge on any atom is 0.304 e. The second kappa shape index (κ2) is 8.10. The molecular weight excluding hydrogens is 362 g/mol. The van der Waals surface area contributed by atoms with Gasteiger partial charge in [-0.2, -0.15) is 0 Å². The average Bonchev–Trinajstić information content (AvgIpc) is 3.05. The first kappa shape index (κ1) is 18.6. The molecule has 5 nitrogen and oxygen atoms in total. The van der Waals surface area contributed by atoms with Crippen molar-refractivity contribution in [3.8, 4) is 0 Å². The van der Waals surface area contributed by atoms with E-state index in [0.717, 1.165) is 16.7 Å². The van der Waals surface area contributed by atoms with Gasteiger partial charge in [0.25, 0.3) is 5.91 Å². The molecule has 0 unspecified atom stereocenters. The minimum Gasteiger partial charge on any atom is -0.334 e. The predicted molar refractivity (Wildman–Crippen MR) is 112 cm³/mol. The molecule has 5 heteroatoms. The zero-order chi connectivity index (χ0) is 20.2. The van der Waals surface area contributed by atoms with E-state index in [9.17, 15) is 9.59 Å². The van der Waals surface area contributed by atoms with Crippen molar-refractivity contribution in [1.29, 1.82) is 0 Å². The highest BCUT2D eigenvalue weighted by atomic mass is 16.2. The predicted octanol–water partition coefficient (Wildman–Crippen LogP) is 3.01. The lowest BCUT2D eigenvalue weighted by Gasteiger charge is -2.14. The molecule has 1 aliphatic rings. The van der Waals surface area contributed by atoms with Gasteiger partial charge >= 0.3 is 5.91 Å². The van der Waals surface area contributed by atoms with E-state index < -0.39 is 6.04 Å². The Morgan fingerprint density at radius 3 is 2.24 bits per heavy atom. The van der Waals surface area contributed by atoms with Crippen LogP contribution < -0.4 is 10.7 Å². The Morgan fingerprint density at radius 2 is 1.55 bits per heavy atom. The molecule has 2 amide bonds. The van der Waals surface area contributed by atoms with Gasteiger partial charge in [0, 0.05) is 16.7 Å². The summed E-state index contributed by atoms with van der Waals surface area (Å²) in [6.45, 7) is 2.02. The summed E-state index contributed by atoms with van der Waals surface area (Å²) in [6, 6.07) is 25.5. The van der Waals surface area contributed by atoms with E-state index in [1.165, 1.54) is 0 Å². The minimum atomic E-state index is -0.717. The van der Waals surface area contributed by atoms with E-state index in [-0.39, 0.29) is 17.9 Å². The number of amides is 2. The molecule has 3 aromatic carbocycles. The van der Waals surface area contributed by atoms with Crippen molar-refractivity contribution in [3.05, 3.63) is 107 Å². The van der Waals surface area contributed by atoms with E-state index in [2.05, 4.69) is 10.7 Å². The number of hydrazone groups is 1. The van der Waals surface area contributed by atoms with Gasteiger partial charge in [-0.3, -0.25) is 9.59 Å². The van der Waals surface area contributed by atoms with Crippen molar-refractivity contribution < 1.29 is 14.3 Å². The molecule has 29 heavy (non-hydrogen) atoms. The number of hydrazine groups is 1. The van der Waals surface area contributed by atoms with Crippen molar-refractivity contribution in [3.63, 3.8) is 0 Å². The maximum absolute atomic E-state index is 12.8. The first-order valence-electron chi connectivity index (χ1n) is 9.54. The molecule has 144 valence electrons. The summed E-state index contributed by atoms with van der Waals surface area (Å²) in [6.07, 6.45) is 1.92. The van der Waals surface area contributed by atoms with Crippen molar-refractivity contribution in [1.82, 2.24) is 10.7 Å². The summed E-state index contributed by atoms with van der Waals surface area (Å²) in [5, 5.41) is 2.91. The van der Waals surface area contributed by atoms with E-state index >= 15 is 0 Å². The number of nitrogens with one attached hydrogen (secondary N) is 2. The summed E-state index contributed by atoms with van der Waals surface area (Å²) >= 11 is 0. The molecule has 3 aromatic rings. The smallest absolute Gasteiger partial charge is 0.304 e. The first-order valence-corrected chi connectivity index (χ1v) is 9.54. The summed E-state index contributed by atoms with van der Waals surface area (Å²) < 4.78 is 1.79. The van der Waals surface area contributed by atoms with Crippen LogP contribution >= 0.6 is 0 Å². The molecule has 0 saturated carbocycles. The van der Waals surface area contributed by atoms with Crippen molar-refractivity contribution in [2.45, 2.75) is 19.0 Å².